The first-order chi connectivity index (χ1) is 10.7. The highest BCUT2D eigenvalue weighted by molar-refractivity contribution is 5.80. The fourth-order valence-electron chi connectivity index (χ4n) is 3.72. The third-order valence-corrected chi connectivity index (χ3v) is 4.90. The Morgan fingerprint density at radius 2 is 2.05 bits per heavy atom. The molecule has 4 heteroatoms. The Labute approximate surface area is 132 Å². The van der Waals surface area contributed by atoms with Gasteiger partial charge < -0.3 is 15.0 Å². The lowest BCUT2D eigenvalue weighted by Crippen LogP contribution is -2.56. The second-order valence-corrected chi connectivity index (χ2v) is 6.54. The summed E-state index contributed by atoms with van der Waals surface area (Å²) in [5.41, 5.74) is 1.15. The van der Waals surface area contributed by atoms with E-state index in [2.05, 4.69) is 36.2 Å². The van der Waals surface area contributed by atoms with E-state index in [1.165, 1.54) is 0 Å². The van der Waals surface area contributed by atoms with Crippen molar-refractivity contribution in [2.45, 2.75) is 44.9 Å². The van der Waals surface area contributed by atoms with Crippen LogP contribution in [0.15, 0.2) is 30.3 Å². The molecule has 0 unspecified atom stereocenters. The molecule has 4 nitrogen and oxygen atoms in total. The van der Waals surface area contributed by atoms with Gasteiger partial charge in [-0.15, -0.1) is 0 Å². The summed E-state index contributed by atoms with van der Waals surface area (Å²) in [6.07, 6.45) is 2.06. The van der Waals surface area contributed by atoms with Crippen LogP contribution < -0.4 is 5.32 Å². The number of nitrogens with one attached hydrogen (secondary N) is 1. The van der Waals surface area contributed by atoms with Crippen molar-refractivity contribution in [2.24, 2.45) is 5.92 Å². The second-order valence-electron chi connectivity index (χ2n) is 6.54. The number of hydrogen-bond donors (Lipinski definition) is 1. The maximum absolute atomic E-state index is 13.0. The Morgan fingerprint density at radius 1 is 1.27 bits per heavy atom. The number of carbonyl (C=O) groups excluding carboxylic acids is 1. The smallest absolute Gasteiger partial charge is 0.227 e. The summed E-state index contributed by atoms with van der Waals surface area (Å²) >= 11 is 0. The summed E-state index contributed by atoms with van der Waals surface area (Å²) in [7, 11) is 0. The van der Waals surface area contributed by atoms with Gasteiger partial charge in [-0.05, 0) is 38.8 Å². The minimum absolute atomic E-state index is 0.0297. The topological polar surface area (TPSA) is 41.6 Å². The Balaban J connectivity index is 1.78. The van der Waals surface area contributed by atoms with Crippen LogP contribution in [-0.4, -0.2) is 42.6 Å². The molecule has 4 atom stereocenters. The Hall–Kier alpha value is -1.39. The molecule has 2 aliphatic rings. The average Bonchev–Trinajstić information content (AvgIpc) is 2.56. The van der Waals surface area contributed by atoms with Crippen LogP contribution in [0.4, 0.5) is 0 Å². The average molecular weight is 302 g/mol. The van der Waals surface area contributed by atoms with E-state index in [4.69, 9.17) is 4.74 Å². The predicted octanol–water partition coefficient (Wildman–Crippen LogP) is 2.36. The van der Waals surface area contributed by atoms with Gasteiger partial charge in [-0.1, -0.05) is 30.3 Å². The van der Waals surface area contributed by atoms with Gasteiger partial charge in [0.25, 0.3) is 0 Å². The van der Waals surface area contributed by atoms with Crippen molar-refractivity contribution in [1.29, 1.82) is 0 Å². The minimum Gasteiger partial charge on any atom is -0.369 e. The molecule has 0 saturated carbocycles. The number of rotatable bonds is 2. The quantitative estimate of drug-likeness (QED) is 0.912. The second kappa shape index (κ2) is 6.80. The van der Waals surface area contributed by atoms with Gasteiger partial charge in [-0.25, -0.2) is 0 Å². The zero-order valence-corrected chi connectivity index (χ0v) is 13.5. The third kappa shape index (κ3) is 3.03. The first-order valence-electron chi connectivity index (χ1n) is 8.38. The number of ether oxygens (including phenoxy) is 1. The summed E-state index contributed by atoms with van der Waals surface area (Å²) in [5, 5.41) is 3.35. The molecule has 1 aromatic carbocycles. The van der Waals surface area contributed by atoms with Crippen LogP contribution in [0.2, 0.25) is 0 Å². The predicted molar refractivity (Wildman–Crippen MR) is 86.5 cm³/mol. The first kappa shape index (κ1) is 15.5. The van der Waals surface area contributed by atoms with Gasteiger partial charge in [0.1, 0.15) is 6.10 Å². The molecule has 1 N–H and O–H groups in total. The van der Waals surface area contributed by atoms with Crippen LogP contribution in [0.3, 0.4) is 0 Å². The highest BCUT2D eigenvalue weighted by Gasteiger charge is 2.39. The first-order valence-corrected chi connectivity index (χ1v) is 8.38. The summed E-state index contributed by atoms with van der Waals surface area (Å²) in [4.78, 5) is 15.0. The molecule has 2 heterocycles. The maximum Gasteiger partial charge on any atom is 0.227 e. The Bertz CT molecular complexity index is 499. The summed E-state index contributed by atoms with van der Waals surface area (Å²) < 4.78 is 6.05. The lowest BCUT2D eigenvalue weighted by atomic mass is 9.93. The minimum atomic E-state index is -0.0297. The molecule has 22 heavy (non-hydrogen) atoms. The van der Waals surface area contributed by atoms with Gasteiger partial charge in [0.05, 0.1) is 24.6 Å². The highest BCUT2D eigenvalue weighted by atomic mass is 16.5. The van der Waals surface area contributed by atoms with Crippen molar-refractivity contribution in [3.05, 3.63) is 35.9 Å². The number of hydrogen-bond acceptors (Lipinski definition) is 3. The number of piperidine rings is 1. The molecule has 0 radical (unpaired) electrons. The van der Waals surface area contributed by atoms with Crippen LogP contribution in [0, 0.1) is 5.92 Å². The molecule has 2 saturated heterocycles. The van der Waals surface area contributed by atoms with Gasteiger partial charge in [-0.3, -0.25) is 4.79 Å². The molecule has 2 fully saturated rings. The van der Waals surface area contributed by atoms with Crippen LogP contribution in [0.5, 0.6) is 0 Å². The van der Waals surface area contributed by atoms with Crippen molar-refractivity contribution in [3.63, 3.8) is 0 Å². The van der Waals surface area contributed by atoms with E-state index in [1.807, 2.05) is 18.2 Å². The van der Waals surface area contributed by atoms with E-state index in [1.54, 1.807) is 0 Å². The normalized spacial score (nSPS) is 32.7. The van der Waals surface area contributed by atoms with Crippen molar-refractivity contribution in [1.82, 2.24) is 10.2 Å². The maximum atomic E-state index is 13.0. The number of morpholine rings is 1. The van der Waals surface area contributed by atoms with Crippen LogP contribution >= 0.6 is 0 Å². The van der Waals surface area contributed by atoms with Gasteiger partial charge >= 0.3 is 0 Å². The van der Waals surface area contributed by atoms with Crippen molar-refractivity contribution in [3.8, 4) is 0 Å². The van der Waals surface area contributed by atoms with Crippen molar-refractivity contribution >= 4 is 5.91 Å². The fourth-order valence-corrected chi connectivity index (χ4v) is 3.72. The lowest BCUT2D eigenvalue weighted by Gasteiger charge is -2.45. The molecule has 0 spiro atoms. The molecule has 2 aliphatic heterocycles. The van der Waals surface area contributed by atoms with Crippen molar-refractivity contribution < 1.29 is 9.53 Å². The highest BCUT2D eigenvalue weighted by Crippen LogP contribution is 2.32. The molecule has 0 bridgehead atoms. The lowest BCUT2D eigenvalue weighted by molar-refractivity contribution is -0.158. The van der Waals surface area contributed by atoms with Gasteiger partial charge in [0.2, 0.25) is 5.91 Å². The number of carbonyl (C=O) groups is 1. The molecule has 3 rings (SSSR count). The summed E-state index contributed by atoms with van der Waals surface area (Å²) in [6, 6.07) is 10.5. The van der Waals surface area contributed by atoms with E-state index in [9.17, 15) is 4.79 Å². The molecule has 0 aliphatic carbocycles. The molecular weight excluding hydrogens is 276 g/mol. The molecule has 120 valence electrons. The molecular formula is C18H26N2O2. The largest absolute Gasteiger partial charge is 0.369 e. The van der Waals surface area contributed by atoms with Crippen LogP contribution in [-0.2, 0) is 9.53 Å². The van der Waals surface area contributed by atoms with E-state index in [-0.39, 0.29) is 30.0 Å². The Kier molecular flexibility index (Phi) is 4.79. The Morgan fingerprint density at radius 3 is 2.73 bits per heavy atom. The van der Waals surface area contributed by atoms with Crippen molar-refractivity contribution in [2.75, 3.05) is 19.7 Å². The fraction of sp³-hybridized carbons (Fsp3) is 0.611. The molecule has 1 amide bonds. The monoisotopic (exact) mass is 302 g/mol. The van der Waals surface area contributed by atoms with Crippen LogP contribution in [0.1, 0.15) is 38.4 Å². The van der Waals surface area contributed by atoms with Crippen LogP contribution in [0.25, 0.3) is 0 Å². The van der Waals surface area contributed by atoms with Gasteiger partial charge in [-0.2, -0.15) is 0 Å². The van der Waals surface area contributed by atoms with Gasteiger partial charge in [0, 0.05) is 6.54 Å². The van der Waals surface area contributed by atoms with E-state index in [0.29, 0.717) is 6.61 Å². The zero-order chi connectivity index (χ0) is 15.5. The molecule has 0 aromatic heterocycles. The summed E-state index contributed by atoms with van der Waals surface area (Å²) in [6.45, 7) is 6.65. The summed E-state index contributed by atoms with van der Waals surface area (Å²) in [5.74, 6) is 0.407. The van der Waals surface area contributed by atoms with E-state index >= 15 is 0 Å². The van der Waals surface area contributed by atoms with Gasteiger partial charge in [0.15, 0.2) is 0 Å². The van der Waals surface area contributed by atoms with E-state index < -0.39 is 0 Å². The third-order valence-electron chi connectivity index (χ3n) is 4.90. The van der Waals surface area contributed by atoms with E-state index in [0.717, 1.165) is 31.5 Å². The number of amides is 1. The number of nitrogens with zero attached hydrogens (tertiary/aromatic N) is 1. The number of benzene rings is 1. The zero-order valence-electron chi connectivity index (χ0n) is 13.5. The standard InChI is InChI=1S/C18H26N2O2/c1-13-12-22-17(15-7-4-3-5-8-15)14(2)20(13)18(21)16-9-6-10-19-11-16/h3-5,7-8,13-14,16-17,19H,6,9-12H2,1-2H3/t13-,14+,16+,17+/m1/s1. The SMILES string of the molecule is C[C@@H]1CO[C@H](c2ccccc2)[C@H](C)N1C(=O)[C@H]1CCCNC1. The molecule has 1 aromatic rings.